The predicted octanol–water partition coefficient (Wildman–Crippen LogP) is 1.40. The number of H-pyrrole nitrogens is 1. The largest absolute Gasteiger partial charge is 0.196 e. The summed E-state index contributed by atoms with van der Waals surface area (Å²) in [5.74, 6) is 0.672. The van der Waals surface area contributed by atoms with E-state index in [2.05, 4.69) is 37.1 Å². The summed E-state index contributed by atoms with van der Waals surface area (Å²) in [6.45, 7) is 0. The van der Waals surface area contributed by atoms with Crippen molar-refractivity contribution in [3.8, 4) is 0 Å². The highest BCUT2D eigenvalue weighted by Crippen LogP contribution is 2.23. The number of nitrogens with one attached hydrogen (secondary N) is 1. The zero-order valence-corrected chi connectivity index (χ0v) is 8.53. The highest BCUT2D eigenvalue weighted by Gasteiger charge is 2.08. The quantitative estimate of drug-likeness (QED) is 0.704. The molecule has 2 aromatic heterocycles. The molecule has 0 aliphatic heterocycles. The fraction of sp³-hybridized carbons (Fsp3) is 0.111. The first-order chi connectivity index (χ1) is 7.43. The second-order valence-corrected chi connectivity index (χ2v) is 3.94. The Bertz CT molecular complexity index is 571. The van der Waals surface area contributed by atoms with Crippen LogP contribution in [0.3, 0.4) is 0 Å². The van der Waals surface area contributed by atoms with Crippen LogP contribution in [0.1, 0.15) is 11.5 Å². The average Bonchev–Trinajstić information content (AvgIpc) is 2.89. The smallest absolute Gasteiger partial charge is 0.180 e. The minimum atomic E-state index is 0.626. The summed E-state index contributed by atoms with van der Waals surface area (Å²) in [6, 6.07) is 8.15. The highest BCUT2D eigenvalue weighted by atomic mass is 32.1. The van der Waals surface area contributed by atoms with Crippen LogP contribution in [0.25, 0.3) is 10.1 Å². The lowest BCUT2D eigenvalue weighted by Crippen LogP contribution is -1.91. The minimum absolute atomic E-state index is 0.626. The fourth-order valence-electron chi connectivity index (χ4n) is 1.47. The molecule has 5 nitrogen and oxygen atoms in total. The lowest BCUT2D eigenvalue weighted by molar-refractivity contribution is 0.881. The Labute approximate surface area is 89.3 Å². The van der Waals surface area contributed by atoms with Crippen LogP contribution in [0.2, 0.25) is 0 Å². The van der Waals surface area contributed by atoms with Gasteiger partial charge in [-0.05, 0) is 17.6 Å². The van der Waals surface area contributed by atoms with Crippen LogP contribution in [0, 0.1) is 0 Å². The van der Waals surface area contributed by atoms with Crippen molar-refractivity contribution in [2.45, 2.75) is 6.42 Å². The van der Waals surface area contributed by atoms with E-state index >= 15 is 0 Å². The normalized spacial score (nSPS) is 10.9. The molecule has 2 heterocycles. The Morgan fingerprint density at radius 2 is 2.20 bits per heavy atom. The van der Waals surface area contributed by atoms with Crippen LogP contribution in [-0.4, -0.2) is 25.0 Å². The summed E-state index contributed by atoms with van der Waals surface area (Å²) < 4.78 is 5.58. The predicted molar refractivity (Wildman–Crippen MR) is 56.6 cm³/mol. The van der Waals surface area contributed by atoms with E-state index in [4.69, 9.17) is 0 Å². The van der Waals surface area contributed by atoms with Crippen LogP contribution >= 0.6 is 11.5 Å². The zero-order valence-electron chi connectivity index (χ0n) is 7.71. The minimum Gasteiger partial charge on any atom is -0.196 e. The monoisotopic (exact) mass is 217 g/mol. The molecule has 0 atom stereocenters. The summed E-state index contributed by atoms with van der Waals surface area (Å²) in [5, 5.41) is 15.0. The summed E-state index contributed by atoms with van der Waals surface area (Å²) in [6.07, 6.45) is 0.626. The Hall–Kier alpha value is -1.82. The van der Waals surface area contributed by atoms with Gasteiger partial charge in [-0.1, -0.05) is 23.4 Å². The van der Waals surface area contributed by atoms with Crippen LogP contribution in [-0.2, 0) is 6.42 Å². The van der Waals surface area contributed by atoms with Gasteiger partial charge in [0, 0.05) is 5.39 Å². The van der Waals surface area contributed by atoms with Gasteiger partial charge in [-0.15, -0.1) is 10.2 Å². The fourth-order valence-corrected chi connectivity index (χ4v) is 2.27. The average molecular weight is 217 g/mol. The standard InChI is InChI=1S/C9H7N5S/c1-2-4-8-6(3-1)7(12-15-8)5-9-10-13-14-11-9/h1-4H,5H2,(H,10,11,13,14). The van der Waals surface area contributed by atoms with E-state index < -0.39 is 0 Å². The van der Waals surface area contributed by atoms with Crippen molar-refractivity contribution in [3.05, 3.63) is 35.8 Å². The Balaban J connectivity index is 2.05. The molecule has 0 unspecified atom stereocenters. The van der Waals surface area contributed by atoms with Gasteiger partial charge in [-0.25, -0.2) is 0 Å². The zero-order chi connectivity index (χ0) is 10.1. The summed E-state index contributed by atoms with van der Waals surface area (Å²) >= 11 is 1.50. The van der Waals surface area contributed by atoms with E-state index in [0.29, 0.717) is 12.2 Å². The van der Waals surface area contributed by atoms with E-state index in [-0.39, 0.29) is 0 Å². The van der Waals surface area contributed by atoms with Crippen LogP contribution in [0.15, 0.2) is 24.3 Å². The van der Waals surface area contributed by atoms with Gasteiger partial charge >= 0.3 is 0 Å². The van der Waals surface area contributed by atoms with Crippen molar-refractivity contribution in [3.63, 3.8) is 0 Å². The van der Waals surface area contributed by atoms with Gasteiger partial charge in [0.2, 0.25) is 0 Å². The van der Waals surface area contributed by atoms with Crippen molar-refractivity contribution >= 4 is 21.6 Å². The summed E-state index contributed by atoms with van der Waals surface area (Å²) in [5.41, 5.74) is 1.01. The number of hydrogen-bond acceptors (Lipinski definition) is 5. The number of aromatic nitrogens is 5. The van der Waals surface area contributed by atoms with Crippen LogP contribution in [0.4, 0.5) is 0 Å². The van der Waals surface area contributed by atoms with Crippen molar-refractivity contribution in [1.29, 1.82) is 0 Å². The van der Waals surface area contributed by atoms with Gasteiger partial charge in [-0.2, -0.15) is 9.59 Å². The van der Waals surface area contributed by atoms with Gasteiger partial charge in [0.1, 0.15) is 0 Å². The van der Waals surface area contributed by atoms with Gasteiger partial charge in [0.25, 0.3) is 0 Å². The third kappa shape index (κ3) is 1.48. The second kappa shape index (κ2) is 3.39. The Kier molecular flexibility index (Phi) is 1.92. The Morgan fingerprint density at radius 1 is 1.27 bits per heavy atom. The van der Waals surface area contributed by atoms with Gasteiger partial charge < -0.3 is 0 Å². The molecule has 0 aliphatic carbocycles. The lowest BCUT2D eigenvalue weighted by Gasteiger charge is -1.91. The molecule has 0 saturated carbocycles. The molecule has 0 aliphatic rings. The molecule has 0 spiro atoms. The molecule has 1 aromatic carbocycles. The maximum atomic E-state index is 4.39. The first kappa shape index (κ1) is 8.49. The molecule has 1 N–H and O–H groups in total. The molecule has 3 aromatic rings. The van der Waals surface area contributed by atoms with E-state index in [1.807, 2.05) is 12.1 Å². The van der Waals surface area contributed by atoms with E-state index in [1.54, 1.807) is 0 Å². The molecular formula is C9H7N5S. The number of benzene rings is 1. The molecule has 0 amide bonds. The van der Waals surface area contributed by atoms with Crippen molar-refractivity contribution in [2.24, 2.45) is 0 Å². The third-order valence-electron chi connectivity index (χ3n) is 2.17. The molecule has 15 heavy (non-hydrogen) atoms. The van der Waals surface area contributed by atoms with Crippen LogP contribution < -0.4 is 0 Å². The van der Waals surface area contributed by atoms with Crippen molar-refractivity contribution in [2.75, 3.05) is 0 Å². The second-order valence-electron chi connectivity index (χ2n) is 3.13. The van der Waals surface area contributed by atoms with Crippen LogP contribution in [0.5, 0.6) is 0 Å². The molecule has 0 saturated heterocycles. The summed E-state index contributed by atoms with van der Waals surface area (Å²) in [4.78, 5) is 0. The molecule has 0 fully saturated rings. The number of aromatic amines is 1. The van der Waals surface area contributed by atoms with Crippen molar-refractivity contribution < 1.29 is 0 Å². The summed E-state index contributed by atoms with van der Waals surface area (Å²) in [7, 11) is 0. The maximum Gasteiger partial charge on any atom is 0.180 e. The Morgan fingerprint density at radius 3 is 3.07 bits per heavy atom. The highest BCUT2D eigenvalue weighted by molar-refractivity contribution is 7.13. The number of hydrogen-bond donors (Lipinski definition) is 1. The molecule has 6 heteroatoms. The number of rotatable bonds is 2. The van der Waals surface area contributed by atoms with Gasteiger partial charge in [0.05, 0.1) is 16.8 Å². The van der Waals surface area contributed by atoms with Gasteiger partial charge in [0.15, 0.2) is 5.82 Å². The lowest BCUT2D eigenvalue weighted by atomic mass is 10.2. The maximum absolute atomic E-state index is 4.39. The van der Waals surface area contributed by atoms with E-state index in [1.165, 1.54) is 21.6 Å². The molecule has 74 valence electrons. The topological polar surface area (TPSA) is 67.3 Å². The molecule has 0 radical (unpaired) electrons. The molecular weight excluding hydrogens is 210 g/mol. The number of nitrogens with zero attached hydrogens (tertiary/aromatic N) is 4. The van der Waals surface area contributed by atoms with E-state index in [9.17, 15) is 0 Å². The third-order valence-corrected chi connectivity index (χ3v) is 3.03. The van der Waals surface area contributed by atoms with Gasteiger partial charge in [-0.3, -0.25) is 0 Å². The van der Waals surface area contributed by atoms with E-state index in [0.717, 1.165) is 5.69 Å². The number of tetrazole rings is 1. The SMILES string of the molecule is c1ccc2c(Cc3nn[nH]n3)nsc2c1. The van der Waals surface area contributed by atoms with Crippen molar-refractivity contribution in [1.82, 2.24) is 25.0 Å². The number of fused-ring (bicyclic) bond motifs is 1. The first-order valence-electron chi connectivity index (χ1n) is 4.49. The molecule has 3 rings (SSSR count). The first-order valence-corrected chi connectivity index (χ1v) is 5.26. The molecule has 0 bridgehead atoms.